The van der Waals surface area contributed by atoms with Crippen LogP contribution >= 0.6 is 0 Å². The van der Waals surface area contributed by atoms with Crippen LogP contribution in [0.5, 0.6) is 5.75 Å². The Morgan fingerprint density at radius 2 is 1.76 bits per heavy atom. The van der Waals surface area contributed by atoms with Crippen LogP contribution in [0.2, 0.25) is 0 Å². The van der Waals surface area contributed by atoms with E-state index >= 15 is 0 Å². The van der Waals surface area contributed by atoms with Crippen LogP contribution in [-0.2, 0) is 6.54 Å². The van der Waals surface area contributed by atoms with Crippen molar-refractivity contribution in [3.63, 3.8) is 0 Å². The van der Waals surface area contributed by atoms with Gasteiger partial charge in [-0.15, -0.1) is 0 Å². The minimum atomic E-state index is -0.208. The Bertz CT molecular complexity index is 1360. The standard InChI is InChI=1S/C28H29N3O3/c1-34-24-14-8-9-20(17-24)19-29-27(32)21-15-16-26-25(18-21)28(33)31(23-12-6-3-7-13-23)30(26)22-10-4-2-5-11-22/h3,6-9,12-18,22H,2,4-5,10-11,19H2,1H3,(H,29,32). The van der Waals surface area contributed by atoms with E-state index in [9.17, 15) is 9.59 Å². The second-order valence-electron chi connectivity index (χ2n) is 8.86. The van der Waals surface area contributed by atoms with Crippen molar-refractivity contribution in [2.24, 2.45) is 0 Å². The predicted octanol–water partition coefficient (Wildman–Crippen LogP) is 5.24. The topological polar surface area (TPSA) is 65.3 Å². The maximum atomic E-state index is 13.6. The third-order valence-electron chi connectivity index (χ3n) is 6.65. The molecule has 1 aliphatic carbocycles. The van der Waals surface area contributed by atoms with Gasteiger partial charge in [-0.25, -0.2) is 4.68 Å². The zero-order valence-electron chi connectivity index (χ0n) is 19.4. The van der Waals surface area contributed by atoms with Crippen molar-refractivity contribution in [3.05, 3.63) is 94.3 Å². The molecule has 1 amide bonds. The van der Waals surface area contributed by atoms with Gasteiger partial charge in [0.05, 0.1) is 29.7 Å². The first-order valence-corrected chi connectivity index (χ1v) is 11.9. The molecule has 1 heterocycles. The molecule has 1 aliphatic rings. The number of aromatic nitrogens is 2. The van der Waals surface area contributed by atoms with Crippen LogP contribution in [0.1, 0.15) is 54.1 Å². The average Bonchev–Trinajstić information content (AvgIpc) is 3.20. The van der Waals surface area contributed by atoms with Gasteiger partial charge in [-0.3, -0.25) is 14.3 Å². The molecule has 4 aromatic rings. The fraction of sp³-hybridized carbons (Fsp3) is 0.286. The van der Waals surface area contributed by atoms with Crippen LogP contribution in [0, 0.1) is 0 Å². The van der Waals surface area contributed by atoms with Crippen molar-refractivity contribution in [2.45, 2.75) is 44.7 Å². The van der Waals surface area contributed by atoms with E-state index in [-0.39, 0.29) is 17.5 Å². The quantitative estimate of drug-likeness (QED) is 0.433. The second kappa shape index (κ2) is 9.59. The van der Waals surface area contributed by atoms with Gasteiger partial charge in [0.1, 0.15) is 5.75 Å². The Morgan fingerprint density at radius 3 is 2.53 bits per heavy atom. The lowest BCUT2D eigenvalue weighted by Crippen LogP contribution is -2.25. The van der Waals surface area contributed by atoms with Crippen molar-refractivity contribution >= 4 is 16.8 Å². The van der Waals surface area contributed by atoms with Crippen molar-refractivity contribution in [3.8, 4) is 11.4 Å². The van der Waals surface area contributed by atoms with E-state index in [1.54, 1.807) is 17.9 Å². The van der Waals surface area contributed by atoms with Gasteiger partial charge < -0.3 is 10.1 Å². The number of nitrogens with one attached hydrogen (secondary N) is 1. The molecule has 1 aromatic heterocycles. The first kappa shape index (κ1) is 22.0. The number of nitrogens with zero attached hydrogens (tertiary/aromatic N) is 2. The Kier molecular flexibility index (Phi) is 6.21. The van der Waals surface area contributed by atoms with Crippen molar-refractivity contribution in [2.75, 3.05) is 7.11 Å². The number of carbonyl (C=O) groups is 1. The Hall–Kier alpha value is -3.80. The third-order valence-corrected chi connectivity index (χ3v) is 6.65. The SMILES string of the molecule is COc1cccc(CNC(=O)c2ccc3c(c2)c(=O)n(-c2ccccc2)n3C2CCCCC2)c1. The maximum absolute atomic E-state index is 13.6. The van der Waals surface area contributed by atoms with Gasteiger partial charge in [0, 0.05) is 12.1 Å². The average molecular weight is 456 g/mol. The minimum absolute atomic E-state index is 0.0887. The summed E-state index contributed by atoms with van der Waals surface area (Å²) in [5.41, 5.74) is 3.06. The molecule has 0 aliphatic heterocycles. The summed E-state index contributed by atoms with van der Waals surface area (Å²) >= 11 is 0. The first-order chi connectivity index (χ1) is 16.7. The van der Waals surface area contributed by atoms with E-state index in [0.29, 0.717) is 17.5 Å². The van der Waals surface area contributed by atoms with E-state index < -0.39 is 0 Å². The van der Waals surface area contributed by atoms with Crippen LogP contribution in [0.3, 0.4) is 0 Å². The van der Waals surface area contributed by atoms with Crippen molar-refractivity contribution < 1.29 is 9.53 Å². The summed E-state index contributed by atoms with van der Waals surface area (Å²) in [6.07, 6.45) is 5.68. The van der Waals surface area contributed by atoms with Gasteiger partial charge in [-0.2, -0.15) is 0 Å². The highest BCUT2D eigenvalue weighted by molar-refractivity contribution is 5.98. The molecule has 6 heteroatoms. The molecular formula is C28H29N3O3. The van der Waals surface area contributed by atoms with Gasteiger partial charge in [0.25, 0.3) is 11.5 Å². The monoisotopic (exact) mass is 455 g/mol. The normalized spacial score (nSPS) is 14.3. The fourth-order valence-corrected chi connectivity index (χ4v) is 4.93. The van der Waals surface area contributed by atoms with Crippen LogP contribution in [0.15, 0.2) is 77.6 Å². The molecule has 5 rings (SSSR count). The summed E-state index contributed by atoms with van der Waals surface area (Å²) in [7, 11) is 1.62. The molecule has 0 spiro atoms. The van der Waals surface area contributed by atoms with Gasteiger partial charge >= 0.3 is 0 Å². The molecule has 1 N–H and O–H groups in total. The largest absolute Gasteiger partial charge is 0.497 e. The number of methoxy groups -OCH3 is 1. The number of rotatable bonds is 6. The smallest absolute Gasteiger partial charge is 0.279 e. The second-order valence-corrected chi connectivity index (χ2v) is 8.86. The van der Waals surface area contributed by atoms with Crippen molar-refractivity contribution in [1.29, 1.82) is 0 Å². The van der Waals surface area contributed by atoms with Crippen LogP contribution < -0.4 is 15.6 Å². The third kappa shape index (κ3) is 4.23. The molecular weight excluding hydrogens is 426 g/mol. The molecule has 3 aromatic carbocycles. The Morgan fingerprint density at radius 1 is 0.971 bits per heavy atom. The van der Waals surface area contributed by atoms with E-state index in [4.69, 9.17) is 4.74 Å². The molecule has 34 heavy (non-hydrogen) atoms. The molecule has 0 bridgehead atoms. The summed E-state index contributed by atoms with van der Waals surface area (Å²) in [4.78, 5) is 26.5. The lowest BCUT2D eigenvalue weighted by molar-refractivity contribution is 0.0951. The Balaban J connectivity index is 1.50. The van der Waals surface area contributed by atoms with E-state index in [1.807, 2.05) is 66.7 Å². The summed E-state index contributed by atoms with van der Waals surface area (Å²) in [5, 5.41) is 3.53. The van der Waals surface area contributed by atoms with E-state index in [0.717, 1.165) is 48.2 Å². The van der Waals surface area contributed by atoms with Gasteiger partial charge in [0.2, 0.25) is 0 Å². The number of ether oxygens (including phenoxy) is 1. The zero-order valence-corrected chi connectivity index (χ0v) is 19.4. The highest BCUT2D eigenvalue weighted by Gasteiger charge is 2.24. The van der Waals surface area contributed by atoms with Gasteiger partial charge in [0.15, 0.2) is 0 Å². The maximum Gasteiger partial charge on any atom is 0.279 e. The summed E-state index contributed by atoms with van der Waals surface area (Å²) < 4.78 is 9.20. The number of hydrogen-bond acceptors (Lipinski definition) is 3. The predicted molar refractivity (Wildman–Crippen MR) is 134 cm³/mol. The fourth-order valence-electron chi connectivity index (χ4n) is 4.93. The summed E-state index contributed by atoms with van der Waals surface area (Å²) in [6.45, 7) is 0.380. The zero-order chi connectivity index (χ0) is 23.5. The molecule has 0 saturated heterocycles. The molecule has 0 unspecified atom stereocenters. The molecule has 174 valence electrons. The van der Waals surface area contributed by atoms with Gasteiger partial charge in [-0.1, -0.05) is 49.6 Å². The van der Waals surface area contributed by atoms with E-state index in [1.165, 1.54) is 6.42 Å². The van der Waals surface area contributed by atoms with Crippen LogP contribution in [0.4, 0.5) is 0 Å². The highest BCUT2D eigenvalue weighted by atomic mass is 16.5. The molecule has 1 fully saturated rings. The number of amides is 1. The van der Waals surface area contributed by atoms with Crippen molar-refractivity contribution in [1.82, 2.24) is 14.7 Å². The van der Waals surface area contributed by atoms with E-state index in [2.05, 4.69) is 10.00 Å². The molecule has 0 atom stereocenters. The van der Waals surface area contributed by atoms with Crippen LogP contribution in [-0.4, -0.2) is 22.4 Å². The lowest BCUT2D eigenvalue weighted by atomic mass is 9.95. The number of para-hydroxylation sites is 1. The van der Waals surface area contributed by atoms with Crippen LogP contribution in [0.25, 0.3) is 16.6 Å². The lowest BCUT2D eigenvalue weighted by Gasteiger charge is -2.26. The molecule has 0 radical (unpaired) electrons. The number of fused-ring (bicyclic) bond motifs is 1. The molecule has 1 saturated carbocycles. The minimum Gasteiger partial charge on any atom is -0.497 e. The highest BCUT2D eigenvalue weighted by Crippen LogP contribution is 2.31. The number of carbonyl (C=O) groups excluding carboxylic acids is 1. The number of hydrogen-bond donors (Lipinski definition) is 1. The summed E-state index contributed by atoms with van der Waals surface area (Å²) in [6, 6.07) is 23.1. The first-order valence-electron chi connectivity index (χ1n) is 11.9. The summed E-state index contributed by atoms with van der Waals surface area (Å²) in [5.74, 6) is 0.541. The molecule has 6 nitrogen and oxygen atoms in total. The number of benzene rings is 3. The Labute approximate surface area is 198 Å². The van der Waals surface area contributed by atoms with Gasteiger partial charge in [-0.05, 0) is 60.9 Å².